The largest absolute Gasteiger partial charge is 0.484 e. The van der Waals surface area contributed by atoms with Crippen molar-refractivity contribution in [2.24, 2.45) is 0 Å². The minimum Gasteiger partial charge on any atom is -0.484 e. The summed E-state index contributed by atoms with van der Waals surface area (Å²) in [6.45, 7) is 3.78. The summed E-state index contributed by atoms with van der Waals surface area (Å²) in [5, 5.41) is 2.79. The molecule has 0 radical (unpaired) electrons. The van der Waals surface area contributed by atoms with Gasteiger partial charge in [-0.25, -0.2) is 12.8 Å². The van der Waals surface area contributed by atoms with Crippen molar-refractivity contribution in [2.45, 2.75) is 26.4 Å². The number of ether oxygens (including phenoxy) is 1. The number of rotatable bonds is 9. The molecule has 0 aliphatic rings. The molecule has 6 nitrogen and oxygen atoms in total. The number of aryl methyl sites for hydroxylation is 1. The van der Waals surface area contributed by atoms with Gasteiger partial charge in [0.1, 0.15) is 11.6 Å². The van der Waals surface area contributed by atoms with Crippen LogP contribution in [0.15, 0.2) is 72.8 Å². The van der Waals surface area contributed by atoms with Crippen molar-refractivity contribution < 1.29 is 22.3 Å². The van der Waals surface area contributed by atoms with E-state index in [9.17, 15) is 17.6 Å². The summed E-state index contributed by atoms with van der Waals surface area (Å²) in [5.41, 5.74) is 3.25. The highest BCUT2D eigenvalue weighted by Crippen LogP contribution is 2.24. The van der Waals surface area contributed by atoms with Crippen LogP contribution in [0.25, 0.3) is 0 Å². The molecule has 0 aliphatic heterocycles. The summed E-state index contributed by atoms with van der Waals surface area (Å²) in [4.78, 5) is 12.2. The van der Waals surface area contributed by atoms with E-state index in [2.05, 4.69) is 5.32 Å². The van der Waals surface area contributed by atoms with Gasteiger partial charge in [-0.3, -0.25) is 9.10 Å². The Hall–Kier alpha value is -3.39. The molecular weight excluding hydrogens is 443 g/mol. The number of anilines is 1. The summed E-state index contributed by atoms with van der Waals surface area (Å²) in [5.74, 6) is -0.225. The number of hydrogen-bond donors (Lipinski definition) is 1. The van der Waals surface area contributed by atoms with Crippen LogP contribution in [0.1, 0.15) is 29.7 Å². The van der Waals surface area contributed by atoms with Crippen molar-refractivity contribution in [1.82, 2.24) is 5.32 Å². The van der Waals surface area contributed by atoms with Gasteiger partial charge >= 0.3 is 0 Å². The molecule has 174 valence electrons. The first kappa shape index (κ1) is 24.3. The lowest BCUT2D eigenvalue weighted by Crippen LogP contribution is -2.31. The van der Waals surface area contributed by atoms with Crippen LogP contribution < -0.4 is 14.4 Å². The molecule has 3 aromatic carbocycles. The van der Waals surface area contributed by atoms with Crippen LogP contribution in [0.2, 0.25) is 0 Å². The second kappa shape index (κ2) is 10.5. The van der Waals surface area contributed by atoms with Crippen LogP contribution in [-0.4, -0.2) is 27.2 Å². The van der Waals surface area contributed by atoms with Crippen LogP contribution in [0.4, 0.5) is 10.1 Å². The van der Waals surface area contributed by atoms with E-state index < -0.39 is 10.0 Å². The van der Waals surface area contributed by atoms with E-state index in [1.165, 1.54) is 16.4 Å². The summed E-state index contributed by atoms with van der Waals surface area (Å²) in [6, 6.07) is 19.8. The van der Waals surface area contributed by atoms with Crippen molar-refractivity contribution in [3.8, 4) is 5.75 Å². The summed E-state index contributed by atoms with van der Waals surface area (Å²) < 4.78 is 44.6. The predicted molar refractivity (Wildman–Crippen MR) is 127 cm³/mol. The highest BCUT2D eigenvalue weighted by atomic mass is 32.2. The molecule has 8 heteroatoms. The lowest BCUT2D eigenvalue weighted by molar-refractivity contribution is -0.123. The molecule has 0 saturated heterocycles. The lowest BCUT2D eigenvalue weighted by Gasteiger charge is -2.23. The van der Waals surface area contributed by atoms with Gasteiger partial charge < -0.3 is 10.1 Å². The quantitative estimate of drug-likeness (QED) is 0.504. The average molecular weight is 471 g/mol. The first-order chi connectivity index (χ1) is 15.6. The highest BCUT2D eigenvalue weighted by molar-refractivity contribution is 7.92. The van der Waals surface area contributed by atoms with E-state index in [1.54, 1.807) is 43.3 Å². The van der Waals surface area contributed by atoms with Gasteiger partial charge in [0, 0.05) is 0 Å². The molecule has 0 unspecified atom stereocenters. The maximum atomic E-state index is 13.0. The fraction of sp³-hybridized carbons (Fsp3) is 0.240. The zero-order valence-electron chi connectivity index (χ0n) is 18.8. The minimum atomic E-state index is -3.50. The molecule has 0 aliphatic carbocycles. The third-order valence-corrected chi connectivity index (χ3v) is 6.23. The number of amides is 1. The number of carbonyl (C=O) groups is 1. The Morgan fingerprint density at radius 3 is 2.18 bits per heavy atom. The zero-order valence-corrected chi connectivity index (χ0v) is 19.6. The second-order valence-corrected chi connectivity index (χ2v) is 9.79. The van der Waals surface area contributed by atoms with Gasteiger partial charge in [-0.15, -0.1) is 0 Å². The minimum absolute atomic E-state index is 0.204. The van der Waals surface area contributed by atoms with Crippen molar-refractivity contribution in [3.63, 3.8) is 0 Å². The van der Waals surface area contributed by atoms with Crippen molar-refractivity contribution >= 4 is 21.6 Å². The van der Waals surface area contributed by atoms with Gasteiger partial charge in [-0.1, -0.05) is 42.0 Å². The maximum Gasteiger partial charge on any atom is 0.258 e. The molecule has 3 aromatic rings. The third-order valence-electron chi connectivity index (χ3n) is 5.09. The molecule has 1 N–H and O–H groups in total. The predicted octanol–water partition coefficient (Wildman–Crippen LogP) is 4.36. The summed E-state index contributed by atoms with van der Waals surface area (Å²) >= 11 is 0. The molecule has 0 bridgehead atoms. The summed E-state index contributed by atoms with van der Waals surface area (Å²) in [6.07, 6.45) is 1.16. The smallest absolute Gasteiger partial charge is 0.258 e. The number of hydrogen-bond acceptors (Lipinski definition) is 4. The van der Waals surface area contributed by atoms with E-state index >= 15 is 0 Å². The Labute approximate surface area is 194 Å². The molecule has 33 heavy (non-hydrogen) atoms. The number of sulfonamides is 1. The van der Waals surface area contributed by atoms with Gasteiger partial charge in [0.2, 0.25) is 10.0 Å². The topological polar surface area (TPSA) is 75.7 Å². The zero-order chi connectivity index (χ0) is 24.0. The van der Waals surface area contributed by atoms with E-state index in [0.29, 0.717) is 11.4 Å². The van der Waals surface area contributed by atoms with E-state index in [1.807, 2.05) is 31.2 Å². The monoisotopic (exact) mass is 470 g/mol. The number of carbonyl (C=O) groups excluding carboxylic acids is 1. The Kier molecular flexibility index (Phi) is 7.71. The van der Waals surface area contributed by atoms with Gasteiger partial charge in [-0.2, -0.15) is 0 Å². The Balaban J connectivity index is 1.60. The SMILES string of the molecule is Cc1ccc(CN(c2ccc(OCC(=O)N[C@H](C)c3ccc(F)cc3)cc2)S(C)(=O)=O)cc1. The molecule has 0 heterocycles. The second-order valence-electron chi connectivity index (χ2n) is 7.88. The average Bonchev–Trinajstić information content (AvgIpc) is 2.77. The highest BCUT2D eigenvalue weighted by Gasteiger charge is 2.18. The number of nitrogens with zero attached hydrogens (tertiary/aromatic N) is 1. The molecule has 0 fully saturated rings. The molecule has 1 amide bonds. The fourth-order valence-electron chi connectivity index (χ4n) is 3.23. The van der Waals surface area contributed by atoms with Crippen molar-refractivity contribution in [3.05, 3.63) is 95.3 Å². The van der Waals surface area contributed by atoms with E-state index in [0.717, 1.165) is 22.9 Å². The Bertz CT molecular complexity index is 1180. The van der Waals surface area contributed by atoms with Gasteiger partial charge in [0.05, 0.1) is 24.5 Å². The van der Waals surface area contributed by atoms with Crippen molar-refractivity contribution in [1.29, 1.82) is 0 Å². The first-order valence-corrected chi connectivity index (χ1v) is 12.3. The van der Waals surface area contributed by atoms with Crippen LogP contribution in [-0.2, 0) is 21.4 Å². The molecule has 1 atom stereocenters. The number of benzene rings is 3. The van der Waals surface area contributed by atoms with Gasteiger partial charge in [0.25, 0.3) is 5.91 Å². The van der Waals surface area contributed by atoms with Crippen molar-refractivity contribution in [2.75, 3.05) is 17.2 Å². The molecular formula is C25H27FN2O4S. The van der Waals surface area contributed by atoms with Crippen LogP contribution in [0, 0.1) is 12.7 Å². The first-order valence-electron chi connectivity index (χ1n) is 10.4. The lowest BCUT2D eigenvalue weighted by atomic mass is 10.1. The third kappa shape index (κ3) is 7.05. The standard InChI is InChI=1S/C25H27FN2O4S/c1-18-4-6-20(7-5-18)16-28(33(3,30)31)23-12-14-24(15-13-23)32-17-25(29)27-19(2)21-8-10-22(26)11-9-21/h4-15,19H,16-17H2,1-3H3,(H,27,29)/t19-/m1/s1. The van der Waals surface area contributed by atoms with Gasteiger partial charge in [0.15, 0.2) is 6.61 Å². The molecule has 3 rings (SSSR count). The summed E-state index contributed by atoms with van der Waals surface area (Å²) in [7, 11) is -3.50. The van der Waals surface area contributed by atoms with Crippen LogP contribution in [0.3, 0.4) is 0 Å². The molecule has 0 spiro atoms. The van der Waals surface area contributed by atoms with Crippen LogP contribution >= 0.6 is 0 Å². The van der Waals surface area contributed by atoms with E-state index in [-0.39, 0.29) is 30.9 Å². The van der Waals surface area contributed by atoms with Gasteiger partial charge in [-0.05, 0) is 61.4 Å². The molecule has 0 saturated carbocycles. The Morgan fingerprint density at radius 1 is 1.00 bits per heavy atom. The Morgan fingerprint density at radius 2 is 1.61 bits per heavy atom. The number of nitrogens with one attached hydrogen (secondary N) is 1. The van der Waals surface area contributed by atoms with E-state index in [4.69, 9.17) is 4.74 Å². The number of halogens is 1. The van der Waals surface area contributed by atoms with Crippen LogP contribution in [0.5, 0.6) is 5.75 Å². The molecule has 0 aromatic heterocycles. The fourth-order valence-corrected chi connectivity index (χ4v) is 4.12. The normalized spacial score (nSPS) is 12.1. The maximum absolute atomic E-state index is 13.0.